The van der Waals surface area contributed by atoms with Crippen LogP contribution in [0.5, 0.6) is 0 Å². The molecule has 6 heteroatoms. The number of amidine groups is 1. The van der Waals surface area contributed by atoms with Crippen molar-refractivity contribution in [1.82, 2.24) is 10.3 Å². The molecule has 0 saturated heterocycles. The van der Waals surface area contributed by atoms with E-state index in [1.807, 2.05) is 0 Å². The van der Waals surface area contributed by atoms with Gasteiger partial charge in [0, 0.05) is 0 Å². The highest BCUT2D eigenvalue weighted by molar-refractivity contribution is 6.28. The van der Waals surface area contributed by atoms with Gasteiger partial charge in [0.05, 0.1) is 11.1 Å². The topological polar surface area (TPSA) is 71.0 Å². The van der Waals surface area contributed by atoms with Crippen molar-refractivity contribution in [2.75, 3.05) is 6.73 Å². The van der Waals surface area contributed by atoms with Crippen molar-refractivity contribution in [3.05, 3.63) is 35.4 Å². The van der Waals surface area contributed by atoms with Gasteiger partial charge in [0.15, 0.2) is 6.73 Å². The van der Waals surface area contributed by atoms with Gasteiger partial charge in [0.2, 0.25) is 0 Å². The summed E-state index contributed by atoms with van der Waals surface area (Å²) in [5.74, 6) is -0.800. The van der Waals surface area contributed by atoms with Gasteiger partial charge in [0.25, 0.3) is 11.8 Å². The van der Waals surface area contributed by atoms with Crippen molar-refractivity contribution in [1.29, 1.82) is 0 Å². The van der Waals surface area contributed by atoms with Gasteiger partial charge in [-0.1, -0.05) is 12.1 Å². The highest BCUT2D eigenvalue weighted by Gasteiger charge is 2.40. The molecule has 1 aromatic carbocycles. The minimum atomic E-state index is -0.400. The molecule has 0 aromatic heterocycles. The Labute approximate surface area is 90.5 Å². The van der Waals surface area contributed by atoms with Crippen molar-refractivity contribution < 1.29 is 14.3 Å². The number of fused-ring (bicyclic) bond motifs is 1. The molecule has 0 spiro atoms. The third-order valence-electron chi connectivity index (χ3n) is 2.43. The van der Waals surface area contributed by atoms with Crippen LogP contribution in [-0.2, 0) is 4.74 Å². The molecule has 6 nitrogen and oxygen atoms in total. The molecule has 0 fully saturated rings. The number of nitrogens with zero attached hydrogens (tertiary/aromatic N) is 2. The van der Waals surface area contributed by atoms with E-state index in [4.69, 9.17) is 4.74 Å². The summed E-state index contributed by atoms with van der Waals surface area (Å²) in [4.78, 5) is 24.8. The fraction of sp³-hybridized carbons (Fsp3) is 0.100. The van der Waals surface area contributed by atoms with Crippen LogP contribution in [0.15, 0.2) is 29.4 Å². The van der Waals surface area contributed by atoms with Crippen molar-refractivity contribution >= 4 is 17.8 Å². The number of carbonyl (C=O) groups is 2. The maximum Gasteiger partial charge on any atom is 0.325 e. The average molecular weight is 217 g/mol. The zero-order valence-electron chi connectivity index (χ0n) is 8.14. The summed E-state index contributed by atoms with van der Waals surface area (Å²) in [5.41, 5.74) is 3.30. The zero-order chi connectivity index (χ0) is 11.1. The largest absolute Gasteiger partial charge is 0.441 e. The van der Waals surface area contributed by atoms with Crippen LogP contribution in [0.1, 0.15) is 20.7 Å². The molecule has 0 radical (unpaired) electrons. The standard InChI is InChI=1S/C10H7N3O3/c14-8-6-3-1-2-4-7(6)9(15)13(8)10-12-11-5-16-10/h1-4,11H,5H2. The van der Waals surface area contributed by atoms with Crippen LogP contribution in [0.3, 0.4) is 0 Å². The summed E-state index contributed by atoms with van der Waals surface area (Å²) >= 11 is 0. The Bertz CT molecular complexity index is 489. The van der Waals surface area contributed by atoms with Gasteiger partial charge in [-0.2, -0.15) is 4.90 Å². The molecule has 0 atom stereocenters. The first-order valence-electron chi connectivity index (χ1n) is 4.70. The molecule has 0 bridgehead atoms. The molecule has 0 unspecified atom stereocenters. The molecule has 80 valence electrons. The van der Waals surface area contributed by atoms with E-state index in [1.165, 1.54) is 0 Å². The number of nitrogens with one attached hydrogen (secondary N) is 1. The van der Waals surface area contributed by atoms with Crippen LogP contribution in [0, 0.1) is 0 Å². The third-order valence-corrected chi connectivity index (χ3v) is 2.43. The second kappa shape index (κ2) is 3.06. The molecule has 1 N–H and O–H groups in total. The summed E-state index contributed by atoms with van der Waals surface area (Å²) < 4.78 is 5.03. The quantitative estimate of drug-likeness (QED) is 0.627. The predicted molar refractivity (Wildman–Crippen MR) is 53.5 cm³/mol. The monoisotopic (exact) mass is 217 g/mol. The number of rotatable bonds is 0. The predicted octanol–water partition coefficient (Wildman–Crippen LogP) is 0.131. The molecular formula is C10H7N3O3. The lowest BCUT2D eigenvalue weighted by molar-refractivity contribution is 0.0716. The first kappa shape index (κ1) is 8.90. The van der Waals surface area contributed by atoms with Gasteiger partial charge in [0.1, 0.15) is 0 Å². The smallest absolute Gasteiger partial charge is 0.325 e. The number of carbonyl (C=O) groups excluding carboxylic acids is 2. The lowest BCUT2D eigenvalue weighted by Crippen LogP contribution is -2.36. The van der Waals surface area contributed by atoms with E-state index in [1.54, 1.807) is 24.3 Å². The number of hydrogen-bond donors (Lipinski definition) is 1. The Morgan fingerprint density at radius 3 is 2.31 bits per heavy atom. The van der Waals surface area contributed by atoms with E-state index in [0.717, 1.165) is 4.90 Å². The van der Waals surface area contributed by atoms with Crippen LogP contribution in [-0.4, -0.2) is 29.5 Å². The van der Waals surface area contributed by atoms with E-state index in [2.05, 4.69) is 10.5 Å². The number of amides is 2. The molecule has 0 aliphatic carbocycles. The highest BCUT2D eigenvalue weighted by atomic mass is 16.5. The van der Waals surface area contributed by atoms with Crippen LogP contribution >= 0.6 is 0 Å². The maximum atomic E-state index is 11.9. The van der Waals surface area contributed by atoms with E-state index >= 15 is 0 Å². The maximum absolute atomic E-state index is 11.9. The highest BCUT2D eigenvalue weighted by Crippen LogP contribution is 2.23. The minimum Gasteiger partial charge on any atom is -0.441 e. The molecule has 2 aliphatic heterocycles. The Balaban J connectivity index is 2.07. The van der Waals surface area contributed by atoms with E-state index in [0.29, 0.717) is 11.1 Å². The first-order chi connectivity index (χ1) is 7.79. The number of hydrazone groups is 1. The fourth-order valence-corrected chi connectivity index (χ4v) is 1.71. The SMILES string of the molecule is O=C1c2ccccc2C(=O)N1C1=NNCO1. The molecule has 2 heterocycles. The van der Waals surface area contributed by atoms with Crippen molar-refractivity contribution in [2.24, 2.45) is 5.10 Å². The van der Waals surface area contributed by atoms with Crippen LogP contribution in [0.2, 0.25) is 0 Å². The number of hydrogen-bond acceptors (Lipinski definition) is 5. The first-order valence-corrected chi connectivity index (χ1v) is 4.70. The second-order valence-corrected chi connectivity index (χ2v) is 3.33. The Kier molecular flexibility index (Phi) is 1.70. The van der Waals surface area contributed by atoms with Crippen LogP contribution < -0.4 is 5.43 Å². The Morgan fingerprint density at radius 1 is 1.19 bits per heavy atom. The average Bonchev–Trinajstić information content (AvgIpc) is 2.89. The molecular weight excluding hydrogens is 210 g/mol. The van der Waals surface area contributed by atoms with Gasteiger partial charge < -0.3 is 4.74 Å². The lowest BCUT2D eigenvalue weighted by Gasteiger charge is -2.10. The van der Waals surface area contributed by atoms with Gasteiger partial charge >= 0.3 is 6.02 Å². The number of ether oxygens (including phenoxy) is 1. The molecule has 3 rings (SSSR count). The number of imide groups is 1. The van der Waals surface area contributed by atoms with Gasteiger partial charge in [-0.3, -0.25) is 15.0 Å². The number of benzene rings is 1. The third kappa shape index (κ3) is 1.04. The normalized spacial score (nSPS) is 18.0. The summed E-state index contributed by atoms with van der Waals surface area (Å²) in [6, 6.07) is 6.65. The molecule has 16 heavy (non-hydrogen) atoms. The van der Waals surface area contributed by atoms with Gasteiger partial charge in [-0.15, -0.1) is 5.10 Å². The van der Waals surface area contributed by atoms with Gasteiger partial charge in [-0.05, 0) is 12.1 Å². The summed E-state index contributed by atoms with van der Waals surface area (Å²) in [6.45, 7) is 0.169. The summed E-state index contributed by atoms with van der Waals surface area (Å²) in [6.07, 6.45) is 0. The molecule has 0 saturated carbocycles. The second-order valence-electron chi connectivity index (χ2n) is 3.33. The summed E-state index contributed by atoms with van der Waals surface area (Å²) in [7, 11) is 0. The lowest BCUT2D eigenvalue weighted by atomic mass is 10.1. The molecule has 2 aliphatic rings. The van der Waals surface area contributed by atoms with E-state index in [-0.39, 0.29) is 12.8 Å². The van der Waals surface area contributed by atoms with E-state index < -0.39 is 11.8 Å². The molecule has 1 aromatic rings. The van der Waals surface area contributed by atoms with Crippen LogP contribution in [0.4, 0.5) is 0 Å². The van der Waals surface area contributed by atoms with Crippen molar-refractivity contribution in [3.8, 4) is 0 Å². The fourth-order valence-electron chi connectivity index (χ4n) is 1.71. The van der Waals surface area contributed by atoms with Gasteiger partial charge in [-0.25, -0.2) is 0 Å². The van der Waals surface area contributed by atoms with Crippen molar-refractivity contribution in [3.63, 3.8) is 0 Å². The minimum absolute atomic E-state index is 0.00574. The van der Waals surface area contributed by atoms with Crippen molar-refractivity contribution in [2.45, 2.75) is 0 Å². The Hall–Kier alpha value is -2.37. The van der Waals surface area contributed by atoms with E-state index in [9.17, 15) is 9.59 Å². The zero-order valence-corrected chi connectivity index (χ0v) is 8.14. The molecule has 2 amide bonds. The van der Waals surface area contributed by atoms with Crippen LogP contribution in [0.25, 0.3) is 0 Å². The summed E-state index contributed by atoms with van der Waals surface area (Å²) in [5, 5.41) is 3.73. The Morgan fingerprint density at radius 2 is 1.81 bits per heavy atom.